The molecule has 0 radical (unpaired) electrons. The standard InChI is InChI=1S/C54H40/c1-5-17-37(18-6-1)43-29-31-47(49(33-43)39-21-9-3-10-22-39)53-45-27-15-16-28-46(45)54(52-36-42-26-14-13-25-41(42)35-51(52)53)48-32-30-44(38-19-7-2-8-20-38)34-50(48)40-23-11-4-12-24-40/h1-29,31-36,44,51-52H,30H2. The number of fused-ring (bicyclic) bond motifs is 3. The van der Waals surface area contributed by atoms with Gasteiger partial charge in [0.15, 0.2) is 0 Å². The van der Waals surface area contributed by atoms with Crippen LogP contribution in [0.1, 0.15) is 29.0 Å². The third-order valence-corrected chi connectivity index (χ3v) is 11.6. The molecule has 256 valence electrons. The van der Waals surface area contributed by atoms with E-state index in [0.717, 1.165) is 6.42 Å². The van der Waals surface area contributed by atoms with Crippen LogP contribution in [0, 0.1) is 11.8 Å². The van der Waals surface area contributed by atoms with Gasteiger partial charge in [0.25, 0.3) is 0 Å². The fourth-order valence-electron chi connectivity index (χ4n) is 9.11. The fraction of sp³-hybridized carbons (Fsp3) is 0.0741. The molecule has 0 saturated carbocycles. The minimum absolute atomic E-state index is 0.139. The van der Waals surface area contributed by atoms with Gasteiger partial charge < -0.3 is 0 Å². The summed E-state index contributed by atoms with van der Waals surface area (Å²) in [5.74, 6) is 0.607. The van der Waals surface area contributed by atoms with Crippen molar-refractivity contribution >= 4 is 28.9 Å². The van der Waals surface area contributed by atoms with Crippen molar-refractivity contribution in [3.05, 3.63) is 243 Å². The maximum atomic E-state index is 2.57. The maximum Gasteiger partial charge on any atom is 0.0144 e. The van der Waals surface area contributed by atoms with Crippen LogP contribution in [0.25, 0.3) is 51.1 Å². The highest BCUT2D eigenvalue weighted by molar-refractivity contribution is 5.99. The van der Waals surface area contributed by atoms with Crippen molar-refractivity contribution < 1.29 is 0 Å². The monoisotopic (exact) mass is 688 g/mol. The molecule has 54 heavy (non-hydrogen) atoms. The van der Waals surface area contributed by atoms with Gasteiger partial charge in [-0.2, -0.15) is 0 Å². The first-order chi connectivity index (χ1) is 26.8. The summed E-state index contributed by atoms with van der Waals surface area (Å²) in [4.78, 5) is 0. The van der Waals surface area contributed by atoms with Crippen LogP contribution >= 0.6 is 0 Å². The van der Waals surface area contributed by atoms with E-state index in [0.29, 0.717) is 5.92 Å². The van der Waals surface area contributed by atoms with Crippen molar-refractivity contribution in [3.63, 3.8) is 0 Å². The SMILES string of the molecule is C1=C(C2=c3ccccc3=C(c3ccc(-c4ccccc4)cc3-c3ccccc3)C3C=c4ccccc4=CC23)C(c2ccccc2)=CC(c2ccccc2)C1. The molecule has 0 heterocycles. The average Bonchev–Trinajstić information content (AvgIpc) is 3.26. The lowest BCUT2D eigenvalue weighted by Crippen LogP contribution is -2.44. The first kappa shape index (κ1) is 32.2. The molecule has 0 spiro atoms. The second kappa shape index (κ2) is 13.8. The molecule has 10 rings (SSSR count). The molecule has 3 unspecified atom stereocenters. The second-order valence-corrected chi connectivity index (χ2v) is 14.7. The predicted octanol–water partition coefficient (Wildman–Crippen LogP) is 10.1. The van der Waals surface area contributed by atoms with Crippen LogP contribution in [-0.2, 0) is 0 Å². The molecule has 0 saturated heterocycles. The Bertz CT molecular complexity index is 2820. The molecule has 0 nitrogen and oxygen atoms in total. The van der Waals surface area contributed by atoms with E-state index >= 15 is 0 Å². The van der Waals surface area contributed by atoms with Crippen LogP contribution in [0.3, 0.4) is 0 Å². The van der Waals surface area contributed by atoms with Crippen molar-refractivity contribution in [2.24, 2.45) is 11.8 Å². The molecule has 3 atom stereocenters. The predicted molar refractivity (Wildman–Crippen MR) is 227 cm³/mol. The normalized spacial score (nSPS) is 18.6. The highest BCUT2D eigenvalue weighted by Gasteiger charge is 2.36. The van der Waals surface area contributed by atoms with Gasteiger partial charge in [-0.3, -0.25) is 0 Å². The van der Waals surface area contributed by atoms with E-state index in [1.165, 1.54) is 82.1 Å². The Morgan fingerprint density at radius 3 is 1.52 bits per heavy atom. The molecule has 0 aromatic heterocycles. The van der Waals surface area contributed by atoms with Gasteiger partial charge in [0.1, 0.15) is 0 Å². The first-order valence-corrected chi connectivity index (χ1v) is 19.2. The number of hydrogen-bond acceptors (Lipinski definition) is 0. The lowest BCUT2D eigenvalue weighted by atomic mass is 9.66. The van der Waals surface area contributed by atoms with Crippen LogP contribution < -0.4 is 20.9 Å². The Kier molecular flexibility index (Phi) is 8.23. The smallest absolute Gasteiger partial charge is 0.0144 e. The van der Waals surface area contributed by atoms with Crippen molar-refractivity contribution in [3.8, 4) is 22.3 Å². The molecule has 3 aliphatic carbocycles. The maximum absolute atomic E-state index is 2.57. The van der Waals surface area contributed by atoms with Crippen molar-refractivity contribution in [1.82, 2.24) is 0 Å². The van der Waals surface area contributed by atoms with Gasteiger partial charge in [0, 0.05) is 17.8 Å². The Morgan fingerprint density at radius 2 is 0.870 bits per heavy atom. The molecular weight excluding hydrogens is 649 g/mol. The van der Waals surface area contributed by atoms with Crippen LogP contribution in [0.4, 0.5) is 0 Å². The molecule has 0 amide bonds. The summed E-state index contributed by atoms with van der Waals surface area (Å²) in [7, 11) is 0. The van der Waals surface area contributed by atoms with E-state index in [1.54, 1.807) is 0 Å². The van der Waals surface area contributed by atoms with Gasteiger partial charge in [-0.15, -0.1) is 0 Å². The molecule has 0 heteroatoms. The van der Waals surface area contributed by atoms with E-state index in [9.17, 15) is 0 Å². The first-order valence-electron chi connectivity index (χ1n) is 19.2. The molecule has 0 aliphatic heterocycles. The zero-order valence-corrected chi connectivity index (χ0v) is 30.1. The van der Waals surface area contributed by atoms with Crippen molar-refractivity contribution in [2.45, 2.75) is 12.3 Å². The lowest BCUT2D eigenvalue weighted by Gasteiger charge is -2.37. The van der Waals surface area contributed by atoms with Gasteiger partial charge in [-0.1, -0.05) is 206 Å². The van der Waals surface area contributed by atoms with Gasteiger partial charge in [0.05, 0.1) is 0 Å². The number of rotatable bonds is 6. The minimum atomic E-state index is 0.139. The van der Waals surface area contributed by atoms with Gasteiger partial charge in [-0.25, -0.2) is 0 Å². The number of benzene rings is 7. The summed E-state index contributed by atoms with van der Waals surface area (Å²) in [6, 6.07) is 69.0. The molecular formula is C54H40. The molecule has 0 bridgehead atoms. The highest BCUT2D eigenvalue weighted by Crippen LogP contribution is 2.47. The summed E-state index contributed by atoms with van der Waals surface area (Å²) < 4.78 is 0. The summed E-state index contributed by atoms with van der Waals surface area (Å²) in [5, 5.41) is 5.26. The third-order valence-electron chi connectivity index (χ3n) is 11.6. The second-order valence-electron chi connectivity index (χ2n) is 14.7. The van der Waals surface area contributed by atoms with Gasteiger partial charge in [-0.05, 0) is 94.6 Å². The molecule has 7 aromatic rings. The molecule has 3 aliphatic rings. The average molecular weight is 689 g/mol. The van der Waals surface area contributed by atoms with Gasteiger partial charge >= 0.3 is 0 Å². The Balaban J connectivity index is 1.28. The zero-order valence-electron chi connectivity index (χ0n) is 30.1. The Morgan fingerprint density at radius 1 is 0.352 bits per heavy atom. The van der Waals surface area contributed by atoms with Crippen molar-refractivity contribution in [1.29, 1.82) is 0 Å². The van der Waals surface area contributed by atoms with Gasteiger partial charge in [0.2, 0.25) is 0 Å². The number of hydrogen-bond donors (Lipinski definition) is 0. The summed E-state index contributed by atoms with van der Waals surface area (Å²) >= 11 is 0. The number of allylic oxidation sites excluding steroid dienone is 4. The minimum Gasteiger partial charge on any atom is -0.0754 e. The van der Waals surface area contributed by atoms with E-state index in [-0.39, 0.29) is 11.8 Å². The van der Waals surface area contributed by atoms with Crippen molar-refractivity contribution in [2.75, 3.05) is 0 Å². The largest absolute Gasteiger partial charge is 0.0754 e. The van der Waals surface area contributed by atoms with Crippen LogP contribution in [0.2, 0.25) is 0 Å². The molecule has 0 fully saturated rings. The third kappa shape index (κ3) is 5.72. The van der Waals surface area contributed by atoms with E-state index in [1.807, 2.05) is 0 Å². The quantitative estimate of drug-likeness (QED) is 0.163. The topological polar surface area (TPSA) is 0 Å². The highest BCUT2D eigenvalue weighted by atomic mass is 14.4. The van der Waals surface area contributed by atoms with E-state index in [4.69, 9.17) is 0 Å². The zero-order chi connectivity index (χ0) is 35.8. The summed E-state index contributed by atoms with van der Waals surface area (Å²) in [6.07, 6.45) is 11.2. The molecule has 7 aromatic carbocycles. The fourth-order valence-corrected chi connectivity index (χ4v) is 9.11. The van der Waals surface area contributed by atoms with Crippen LogP contribution in [0.5, 0.6) is 0 Å². The van der Waals surface area contributed by atoms with Crippen LogP contribution in [0.15, 0.2) is 206 Å². The molecule has 0 N–H and O–H groups in total. The summed E-state index contributed by atoms with van der Waals surface area (Å²) in [6.45, 7) is 0. The van der Waals surface area contributed by atoms with E-state index < -0.39 is 0 Å². The lowest BCUT2D eigenvalue weighted by molar-refractivity contribution is 0.746. The summed E-state index contributed by atoms with van der Waals surface area (Å²) in [5.41, 5.74) is 14.4. The van der Waals surface area contributed by atoms with E-state index in [2.05, 4.69) is 212 Å². The Hall–Kier alpha value is -6.50. The Labute approximate surface area is 317 Å². The van der Waals surface area contributed by atoms with Crippen LogP contribution in [-0.4, -0.2) is 0 Å².